The first-order chi connectivity index (χ1) is 12.6. The number of carbonyl (C=O) groups excluding carboxylic acids is 2. The molecule has 0 bridgehead atoms. The number of hydrogen-bond acceptors (Lipinski definition) is 5. The summed E-state index contributed by atoms with van der Waals surface area (Å²) in [6.45, 7) is -0.0162. The normalized spacial score (nSPS) is 10.3. The Balaban J connectivity index is 1.50. The van der Waals surface area contributed by atoms with Gasteiger partial charge in [-0.1, -0.05) is 30.3 Å². The lowest BCUT2D eigenvalue weighted by Crippen LogP contribution is -2.28. The maximum absolute atomic E-state index is 13.0. The van der Waals surface area contributed by atoms with Gasteiger partial charge >= 0.3 is 5.97 Å². The van der Waals surface area contributed by atoms with Crippen LogP contribution in [0.5, 0.6) is 0 Å². The molecule has 3 rings (SSSR count). The Hall–Kier alpha value is -3.06. The van der Waals surface area contributed by atoms with Gasteiger partial charge < -0.3 is 10.1 Å². The molecular formula is C19H15FN2O3S. The van der Waals surface area contributed by atoms with Crippen molar-refractivity contribution in [2.45, 2.75) is 6.54 Å². The molecule has 5 nitrogen and oxygen atoms in total. The predicted molar refractivity (Wildman–Crippen MR) is 96.1 cm³/mol. The average molecular weight is 370 g/mol. The maximum Gasteiger partial charge on any atom is 0.358 e. The highest BCUT2D eigenvalue weighted by Crippen LogP contribution is 2.24. The van der Waals surface area contributed by atoms with Gasteiger partial charge in [0.1, 0.15) is 10.8 Å². The van der Waals surface area contributed by atoms with Gasteiger partial charge in [0.25, 0.3) is 5.91 Å². The molecule has 1 heterocycles. The fraction of sp³-hybridized carbons (Fsp3) is 0.105. The quantitative estimate of drug-likeness (QED) is 0.675. The monoisotopic (exact) mass is 370 g/mol. The number of aromatic nitrogens is 1. The second kappa shape index (κ2) is 8.35. The van der Waals surface area contributed by atoms with E-state index in [1.165, 1.54) is 23.5 Å². The summed E-state index contributed by atoms with van der Waals surface area (Å²) in [5, 5.41) is 4.79. The lowest BCUT2D eigenvalue weighted by Gasteiger charge is -2.05. The van der Waals surface area contributed by atoms with Gasteiger partial charge in [0, 0.05) is 17.5 Å². The van der Waals surface area contributed by atoms with Gasteiger partial charge in [-0.3, -0.25) is 4.79 Å². The molecular weight excluding hydrogens is 355 g/mol. The molecule has 0 saturated carbocycles. The Kier molecular flexibility index (Phi) is 5.70. The van der Waals surface area contributed by atoms with E-state index in [2.05, 4.69) is 10.3 Å². The number of nitrogens with one attached hydrogen (secondary N) is 1. The largest absolute Gasteiger partial charge is 0.451 e. The van der Waals surface area contributed by atoms with E-state index < -0.39 is 11.9 Å². The number of nitrogens with zero attached hydrogens (tertiary/aromatic N) is 1. The van der Waals surface area contributed by atoms with Crippen LogP contribution >= 0.6 is 11.3 Å². The minimum atomic E-state index is -0.676. The number of halogens is 1. The molecule has 1 amide bonds. The number of benzene rings is 2. The van der Waals surface area contributed by atoms with Crippen molar-refractivity contribution in [1.82, 2.24) is 10.3 Å². The van der Waals surface area contributed by atoms with E-state index in [1.54, 1.807) is 17.5 Å². The number of ether oxygens (including phenoxy) is 1. The van der Waals surface area contributed by atoms with Gasteiger partial charge in [-0.15, -0.1) is 11.3 Å². The lowest BCUT2D eigenvalue weighted by atomic mass is 10.2. The van der Waals surface area contributed by atoms with Crippen LogP contribution in [0.1, 0.15) is 16.1 Å². The fourth-order valence-corrected chi connectivity index (χ4v) is 2.94. The summed E-state index contributed by atoms with van der Waals surface area (Å²) in [6, 6.07) is 15.2. The summed E-state index contributed by atoms with van der Waals surface area (Å²) >= 11 is 1.24. The summed E-state index contributed by atoms with van der Waals surface area (Å²) in [7, 11) is 0. The van der Waals surface area contributed by atoms with Crippen molar-refractivity contribution in [3.63, 3.8) is 0 Å². The second-order valence-electron chi connectivity index (χ2n) is 5.38. The Morgan fingerprint density at radius 3 is 2.54 bits per heavy atom. The zero-order chi connectivity index (χ0) is 18.4. The van der Waals surface area contributed by atoms with Crippen molar-refractivity contribution >= 4 is 23.2 Å². The number of carbonyl (C=O) groups is 2. The van der Waals surface area contributed by atoms with Crippen molar-refractivity contribution in [3.05, 3.63) is 77.1 Å². The van der Waals surface area contributed by atoms with Crippen LogP contribution in [0.25, 0.3) is 10.6 Å². The predicted octanol–water partition coefficient (Wildman–Crippen LogP) is 3.42. The first-order valence-corrected chi connectivity index (χ1v) is 8.69. The smallest absolute Gasteiger partial charge is 0.358 e. The molecule has 0 unspecified atom stereocenters. The van der Waals surface area contributed by atoms with Crippen LogP contribution in [0.4, 0.5) is 4.39 Å². The third-order valence-corrected chi connectivity index (χ3v) is 4.36. The molecule has 26 heavy (non-hydrogen) atoms. The summed E-state index contributed by atoms with van der Waals surface area (Å²) < 4.78 is 17.9. The van der Waals surface area contributed by atoms with Crippen molar-refractivity contribution < 1.29 is 18.7 Å². The van der Waals surface area contributed by atoms with Crippen LogP contribution in [0, 0.1) is 5.82 Å². The number of thiazole rings is 1. The molecule has 0 spiro atoms. The van der Waals surface area contributed by atoms with Crippen LogP contribution in [0.15, 0.2) is 60.0 Å². The zero-order valence-corrected chi connectivity index (χ0v) is 14.5. The number of amides is 1. The van der Waals surface area contributed by atoms with Crippen LogP contribution in [0.2, 0.25) is 0 Å². The second-order valence-corrected chi connectivity index (χ2v) is 6.24. The zero-order valence-electron chi connectivity index (χ0n) is 13.6. The Morgan fingerprint density at radius 1 is 1.08 bits per heavy atom. The van der Waals surface area contributed by atoms with E-state index in [0.717, 1.165) is 5.56 Å². The summed E-state index contributed by atoms with van der Waals surface area (Å²) in [5.74, 6) is -1.41. The number of hydrogen-bond donors (Lipinski definition) is 1. The van der Waals surface area contributed by atoms with Crippen LogP contribution in [-0.2, 0) is 16.1 Å². The minimum Gasteiger partial charge on any atom is -0.451 e. The highest BCUT2D eigenvalue weighted by atomic mass is 32.1. The molecule has 0 radical (unpaired) electrons. The van der Waals surface area contributed by atoms with E-state index in [0.29, 0.717) is 17.1 Å². The van der Waals surface area contributed by atoms with E-state index in [9.17, 15) is 14.0 Å². The third kappa shape index (κ3) is 4.73. The molecule has 0 aliphatic carbocycles. The van der Waals surface area contributed by atoms with E-state index in [4.69, 9.17) is 4.74 Å². The van der Waals surface area contributed by atoms with Crippen molar-refractivity contribution in [3.8, 4) is 10.6 Å². The highest BCUT2D eigenvalue weighted by molar-refractivity contribution is 7.13. The third-order valence-electron chi connectivity index (χ3n) is 3.47. The topological polar surface area (TPSA) is 68.3 Å². The lowest BCUT2D eigenvalue weighted by molar-refractivity contribution is -0.124. The van der Waals surface area contributed by atoms with E-state index >= 15 is 0 Å². The van der Waals surface area contributed by atoms with Crippen molar-refractivity contribution in [2.75, 3.05) is 6.61 Å². The highest BCUT2D eigenvalue weighted by Gasteiger charge is 2.15. The molecule has 0 saturated heterocycles. The average Bonchev–Trinajstić information content (AvgIpc) is 3.16. The molecule has 0 aliphatic heterocycles. The Bertz CT molecular complexity index is 895. The molecule has 1 aromatic heterocycles. The van der Waals surface area contributed by atoms with Gasteiger partial charge in [0.2, 0.25) is 0 Å². The van der Waals surface area contributed by atoms with Gasteiger partial charge in [-0.25, -0.2) is 14.2 Å². The van der Waals surface area contributed by atoms with E-state index in [1.807, 2.05) is 30.3 Å². The number of esters is 1. The Labute approximate surface area is 153 Å². The first kappa shape index (κ1) is 17.8. The van der Waals surface area contributed by atoms with Crippen molar-refractivity contribution in [1.29, 1.82) is 0 Å². The molecule has 1 N–H and O–H groups in total. The first-order valence-electron chi connectivity index (χ1n) is 7.81. The molecule has 0 fully saturated rings. The number of rotatable bonds is 6. The standard InChI is InChI=1S/C19H15FN2O3S/c20-15-8-6-14(7-9-15)18-22-16(12-26-18)19(24)25-11-17(23)21-10-13-4-2-1-3-5-13/h1-9,12H,10-11H2,(H,21,23). The van der Waals surface area contributed by atoms with Crippen LogP contribution < -0.4 is 5.32 Å². The van der Waals surface area contributed by atoms with Gasteiger partial charge in [-0.2, -0.15) is 0 Å². The summed E-state index contributed by atoms with van der Waals surface area (Å²) in [4.78, 5) is 27.9. The molecule has 7 heteroatoms. The van der Waals surface area contributed by atoms with Crippen LogP contribution in [0.3, 0.4) is 0 Å². The molecule has 2 aromatic carbocycles. The molecule has 0 atom stereocenters. The molecule has 0 aliphatic rings. The fourth-order valence-electron chi connectivity index (χ4n) is 2.15. The van der Waals surface area contributed by atoms with Crippen LogP contribution in [-0.4, -0.2) is 23.5 Å². The van der Waals surface area contributed by atoms with Gasteiger partial charge in [-0.05, 0) is 29.8 Å². The molecule has 3 aromatic rings. The van der Waals surface area contributed by atoms with E-state index in [-0.39, 0.29) is 18.1 Å². The molecule has 132 valence electrons. The minimum absolute atomic E-state index is 0.116. The summed E-state index contributed by atoms with van der Waals surface area (Å²) in [5.41, 5.74) is 1.77. The SMILES string of the molecule is O=C(COC(=O)c1csc(-c2ccc(F)cc2)n1)NCc1ccccc1. The maximum atomic E-state index is 13.0. The van der Waals surface area contributed by atoms with Crippen molar-refractivity contribution in [2.24, 2.45) is 0 Å². The summed E-state index contributed by atoms with van der Waals surface area (Å²) in [6.07, 6.45) is 0. The van der Waals surface area contributed by atoms with Gasteiger partial charge in [0.15, 0.2) is 12.3 Å². The van der Waals surface area contributed by atoms with Gasteiger partial charge in [0.05, 0.1) is 0 Å². The Morgan fingerprint density at radius 2 is 1.81 bits per heavy atom.